The number of aryl methyl sites for hydroxylation is 1. The van der Waals surface area contributed by atoms with Crippen molar-refractivity contribution in [3.05, 3.63) is 35.9 Å². The molecule has 2 heterocycles. The molecule has 2 aromatic heterocycles. The minimum absolute atomic E-state index is 0.432. The van der Waals surface area contributed by atoms with Gasteiger partial charge in [0.2, 0.25) is 0 Å². The first-order valence-corrected chi connectivity index (χ1v) is 7.77. The molecule has 4 rings (SSSR count). The average molecular weight is 310 g/mol. The summed E-state index contributed by atoms with van der Waals surface area (Å²) in [6.45, 7) is 1.87. The van der Waals surface area contributed by atoms with Gasteiger partial charge in [0.05, 0.1) is 5.54 Å². The highest BCUT2D eigenvalue weighted by atomic mass is 16.5. The standard InChI is InChI=1S/C16H18N6O/c1-10-18-13(21-20-10)11-4-6-12(7-5-11)14-19-15(22-23-14)16(17)8-2-3-9-16/h4-7H,2-3,8-9,17H2,1H3,(H,18,20,21). The van der Waals surface area contributed by atoms with Crippen LogP contribution in [0.1, 0.15) is 37.3 Å². The van der Waals surface area contributed by atoms with Gasteiger partial charge < -0.3 is 10.3 Å². The van der Waals surface area contributed by atoms with E-state index in [9.17, 15) is 0 Å². The van der Waals surface area contributed by atoms with Crippen LogP contribution in [0.5, 0.6) is 0 Å². The van der Waals surface area contributed by atoms with Crippen molar-refractivity contribution >= 4 is 0 Å². The second-order valence-corrected chi connectivity index (χ2v) is 6.11. The van der Waals surface area contributed by atoms with Crippen LogP contribution in [0.2, 0.25) is 0 Å². The first kappa shape index (κ1) is 14.1. The van der Waals surface area contributed by atoms with E-state index < -0.39 is 5.54 Å². The number of nitrogens with zero attached hydrogens (tertiary/aromatic N) is 4. The summed E-state index contributed by atoms with van der Waals surface area (Å²) in [5.74, 6) is 2.57. The van der Waals surface area contributed by atoms with E-state index in [1.54, 1.807) is 0 Å². The summed E-state index contributed by atoms with van der Waals surface area (Å²) in [4.78, 5) is 8.81. The third-order valence-corrected chi connectivity index (χ3v) is 4.35. The summed E-state index contributed by atoms with van der Waals surface area (Å²) in [5.41, 5.74) is 7.73. The van der Waals surface area contributed by atoms with Crippen LogP contribution < -0.4 is 5.73 Å². The summed E-state index contributed by atoms with van der Waals surface area (Å²) >= 11 is 0. The Morgan fingerprint density at radius 2 is 1.78 bits per heavy atom. The predicted molar refractivity (Wildman–Crippen MR) is 84.2 cm³/mol. The van der Waals surface area contributed by atoms with Gasteiger partial charge in [-0.2, -0.15) is 10.1 Å². The predicted octanol–water partition coefficient (Wildman–Crippen LogP) is 2.56. The van der Waals surface area contributed by atoms with Gasteiger partial charge in [-0.05, 0) is 31.9 Å². The third-order valence-electron chi connectivity index (χ3n) is 4.35. The maximum absolute atomic E-state index is 6.37. The molecule has 3 aromatic rings. The summed E-state index contributed by atoms with van der Waals surface area (Å²) in [6.07, 6.45) is 4.06. The fourth-order valence-electron chi connectivity index (χ4n) is 3.01. The maximum Gasteiger partial charge on any atom is 0.257 e. The zero-order valence-electron chi connectivity index (χ0n) is 12.9. The Labute approximate surface area is 133 Å². The molecule has 0 saturated heterocycles. The number of hydrogen-bond donors (Lipinski definition) is 2. The van der Waals surface area contributed by atoms with Crippen molar-refractivity contribution in [2.45, 2.75) is 38.1 Å². The van der Waals surface area contributed by atoms with Gasteiger partial charge in [0.1, 0.15) is 5.82 Å². The van der Waals surface area contributed by atoms with E-state index in [0.29, 0.717) is 17.5 Å². The van der Waals surface area contributed by atoms with Crippen molar-refractivity contribution in [1.82, 2.24) is 25.3 Å². The Bertz CT molecular complexity index is 813. The lowest BCUT2D eigenvalue weighted by atomic mass is 9.99. The number of aromatic amines is 1. The van der Waals surface area contributed by atoms with E-state index in [0.717, 1.165) is 42.6 Å². The van der Waals surface area contributed by atoms with Gasteiger partial charge >= 0.3 is 0 Å². The Morgan fingerprint density at radius 1 is 1.09 bits per heavy atom. The van der Waals surface area contributed by atoms with E-state index in [2.05, 4.69) is 25.3 Å². The van der Waals surface area contributed by atoms with Gasteiger partial charge in [0, 0.05) is 11.1 Å². The van der Waals surface area contributed by atoms with Crippen molar-refractivity contribution in [2.75, 3.05) is 0 Å². The van der Waals surface area contributed by atoms with E-state index in [-0.39, 0.29) is 0 Å². The molecule has 1 aromatic carbocycles. The summed E-state index contributed by atoms with van der Waals surface area (Å²) < 4.78 is 5.40. The SMILES string of the molecule is Cc1nc(-c2ccc(-c3nc(C4(N)CCCC4)no3)cc2)n[nH]1. The normalized spacial score (nSPS) is 16.8. The largest absolute Gasteiger partial charge is 0.334 e. The highest BCUT2D eigenvalue weighted by Crippen LogP contribution is 2.35. The number of hydrogen-bond acceptors (Lipinski definition) is 6. The van der Waals surface area contributed by atoms with Crippen molar-refractivity contribution in [2.24, 2.45) is 5.73 Å². The zero-order valence-corrected chi connectivity index (χ0v) is 12.9. The molecule has 1 saturated carbocycles. The topological polar surface area (TPSA) is 107 Å². The molecule has 0 radical (unpaired) electrons. The lowest BCUT2D eigenvalue weighted by Gasteiger charge is -2.17. The minimum Gasteiger partial charge on any atom is -0.334 e. The minimum atomic E-state index is -0.432. The molecule has 1 aliphatic carbocycles. The molecule has 0 aliphatic heterocycles. The molecular weight excluding hydrogens is 292 g/mol. The smallest absolute Gasteiger partial charge is 0.257 e. The Hall–Kier alpha value is -2.54. The van der Waals surface area contributed by atoms with Crippen LogP contribution in [0.3, 0.4) is 0 Å². The molecule has 7 nitrogen and oxygen atoms in total. The molecule has 0 spiro atoms. The lowest BCUT2D eigenvalue weighted by Crippen LogP contribution is -2.34. The van der Waals surface area contributed by atoms with Crippen molar-refractivity contribution in [3.63, 3.8) is 0 Å². The highest BCUT2D eigenvalue weighted by Gasteiger charge is 2.36. The van der Waals surface area contributed by atoms with Crippen molar-refractivity contribution in [3.8, 4) is 22.8 Å². The first-order valence-electron chi connectivity index (χ1n) is 7.77. The van der Waals surface area contributed by atoms with Gasteiger partial charge in [0.25, 0.3) is 5.89 Å². The second kappa shape index (κ2) is 5.27. The van der Waals surface area contributed by atoms with Gasteiger partial charge in [-0.25, -0.2) is 4.98 Å². The molecule has 3 N–H and O–H groups in total. The Morgan fingerprint density at radius 3 is 2.43 bits per heavy atom. The molecule has 23 heavy (non-hydrogen) atoms. The molecule has 0 unspecified atom stereocenters. The van der Waals surface area contributed by atoms with Crippen LogP contribution >= 0.6 is 0 Å². The fourth-order valence-corrected chi connectivity index (χ4v) is 3.01. The third kappa shape index (κ3) is 2.53. The first-order chi connectivity index (χ1) is 11.1. The van der Waals surface area contributed by atoms with Gasteiger partial charge in [-0.1, -0.05) is 30.1 Å². The van der Waals surface area contributed by atoms with Crippen LogP contribution in [-0.4, -0.2) is 25.3 Å². The molecule has 7 heteroatoms. The maximum atomic E-state index is 6.37. The number of rotatable bonds is 3. The molecule has 1 aliphatic rings. The Kier molecular flexibility index (Phi) is 3.23. The van der Waals surface area contributed by atoms with E-state index in [1.807, 2.05) is 31.2 Å². The molecule has 0 amide bonds. The summed E-state index contributed by atoms with van der Waals surface area (Å²) in [6, 6.07) is 7.73. The molecule has 118 valence electrons. The second-order valence-electron chi connectivity index (χ2n) is 6.11. The quantitative estimate of drug-likeness (QED) is 0.770. The van der Waals surface area contributed by atoms with Crippen molar-refractivity contribution in [1.29, 1.82) is 0 Å². The number of aromatic nitrogens is 5. The molecule has 0 atom stereocenters. The van der Waals surface area contributed by atoms with Crippen LogP contribution in [-0.2, 0) is 5.54 Å². The molecular formula is C16H18N6O. The number of nitrogens with two attached hydrogens (primary N) is 1. The summed E-state index contributed by atoms with van der Waals surface area (Å²) in [7, 11) is 0. The zero-order chi connectivity index (χ0) is 15.9. The number of benzene rings is 1. The monoisotopic (exact) mass is 310 g/mol. The van der Waals surface area contributed by atoms with Crippen molar-refractivity contribution < 1.29 is 4.52 Å². The van der Waals surface area contributed by atoms with E-state index >= 15 is 0 Å². The number of nitrogens with one attached hydrogen (secondary N) is 1. The fraction of sp³-hybridized carbons (Fsp3) is 0.375. The van der Waals surface area contributed by atoms with Gasteiger partial charge in [0.15, 0.2) is 11.6 Å². The molecule has 1 fully saturated rings. The van der Waals surface area contributed by atoms with Crippen LogP contribution in [0.25, 0.3) is 22.8 Å². The van der Waals surface area contributed by atoms with Crippen LogP contribution in [0, 0.1) is 6.92 Å². The lowest BCUT2D eigenvalue weighted by molar-refractivity contribution is 0.372. The Balaban J connectivity index is 1.60. The van der Waals surface area contributed by atoms with E-state index in [4.69, 9.17) is 10.3 Å². The van der Waals surface area contributed by atoms with Crippen LogP contribution in [0.15, 0.2) is 28.8 Å². The highest BCUT2D eigenvalue weighted by molar-refractivity contribution is 5.62. The van der Waals surface area contributed by atoms with E-state index in [1.165, 1.54) is 0 Å². The van der Waals surface area contributed by atoms with Gasteiger partial charge in [-0.15, -0.1) is 0 Å². The summed E-state index contributed by atoms with van der Waals surface area (Å²) in [5, 5.41) is 11.1. The average Bonchev–Trinajstić information content (AvgIpc) is 3.28. The van der Waals surface area contributed by atoms with Gasteiger partial charge in [-0.3, -0.25) is 5.10 Å². The number of H-pyrrole nitrogens is 1. The molecule has 0 bridgehead atoms. The van der Waals surface area contributed by atoms with Crippen LogP contribution in [0.4, 0.5) is 0 Å².